The average Bonchev–Trinajstić information content (AvgIpc) is 3.83. The van der Waals surface area contributed by atoms with Crippen LogP contribution in [-0.4, -0.2) is 69.1 Å². The molecule has 2 fully saturated rings. The minimum Gasteiger partial charge on any atom is -0.493 e. The van der Waals surface area contributed by atoms with Crippen molar-refractivity contribution in [3.63, 3.8) is 0 Å². The second-order valence-corrected chi connectivity index (χ2v) is 11.3. The predicted molar refractivity (Wildman–Crippen MR) is 164 cm³/mol. The summed E-state index contributed by atoms with van der Waals surface area (Å²) in [5.74, 6) is -2.67. The van der Waals surface area contributed by atoms with E-state index in [1.165, 1.54) is 20.3 Å². The van der Waals surface area contributed by atoms with Gasteiger partial charge < -0.3 is 34.8 Å². The first-order chi connectivity index (χ1) is 21.2. The Morgan fingerprint density at radius 3 is 2.32 bits per heavy atom. The fourth-order valence-electron chi connectivity index (χ4n) is 5.97. The van der Waals surface area contributed by atoms with Gasteiger partial charge in [0.25, 0.3) is 0 Å². The number of pyridine rings is 1. The number of benzene rings is 2. The summed E-state index contributed by atoms with van der Waals surface area (Å²) in [5.41, 5.74) is 2.19. The van der Waals surface area contributed by atoms with Crippen LogP contribution in [0, 0.1) is 11.6 Å². The number of anilines is 5. The molecule has 2 amide bonds. The standard InChI is InChI=1S/C32H34F2N6O4/c1-5-27(41)37-22-7-6-20(39-12-10-38(2)11-13-39)14-23(22)36-26-15-21-19(17-35-26)18-40(31(42)32(21)8-9-32)30-28(33)24(43-3)16-25(44-4)29(30)34/h5-7,14-17H,1,8-13,18H2,2-4H3,(H,35,36)(H,37,41). The summed E-state index contributed by atoms with van der Waals surface area (Å²) < 4.78 is 41.0. The number of carbonyl (C=O) groups excluding carboxylic acids is 2. The van der Waals surface area contributed by atoms with Crippen LogP contribution in [0.1, 0.15) is 24.0 Å². The molecular formula is C32H34F2N6O4. The van der Waals surface area contributed by atoms with Crippen LogP contribution in [0.5, 0.6) is 11.5 Å². The van der Waals surface area contributed by atoms with Crippen molar-refractivity contribution in [1.29, 1.82) is 0 Å². The summed E-state index contributed by atoms with van der Waals surface area (Å²) in [6.45, 7) is 7.09. The van der Waals surface area contributed by atoms with Crippen LogP contribution in [0.15, 0.2) is 49.2 Å². The zero-order valence-electron chi connectivity index (χ0n) is 24.9. The number of amides is 2. The number of carbonyl (C=O) groups is 2. The Morgan fingerprint density at radius 1 is 1.02 bits per heavy atom. The smallest absolute Gasteiger partial charge is 0.247 e. The molecule has 6 rings (SSSR count). The van der Waals surface area contributed by atoms with Crippen molar-refractivity contribution in [3.8, 4) is 11.5 Å². The second-order valence-electron chi connectivity index (χ2n) is 11.3. The summed E-state index contributed by atoms with van der Waals surface area (Å²) in [6, 6.07) is 8.71. The lowest BCUT2D eigenvalue weighted by Crippen LogP contribution is -2.45. The lowest BCUT2D eigenvalue weighted by Gasteiger charge is -2.35. The molecule has 2 N–H and O–H groups in total. The number of rotatable bonds is 8. The van der Waals surface area contributed by atoms with E-state index in [4.69, 9.17) is 9.47 Å². The van der Waals surface area contributed by atoms with E-state index in [2.05, 4.69) is 39.0 Å². The van der Waals surface area contributed by atoms with Gasteiger partial charge in [0.15, 0.2) is 23.1 Å². The van der Waals surface area contributed by atoms with Crippen LogP contribution in [0.4, 0.5) is 37.3 Å². The minimum absolute atomic E-state index is 0.0765. The van der Waals surface area contributed by atoms with Crippen LogP contribution in [0.3, 0.4) is 0 Å². The molecule has 0 bridgehead atoms. The first kappa shape index (κ1) is 29.4. The number of ether oxygens (including phenoxy) is 2. The molecule has 0 atom stereocenters. The van der Waals surface area contributed by atoms with Crippen molar-refractivity contribution in [3.05, 3.63) is 71.9 Å². The van der Waals surface area contributed by atoms with Gasteiger partial charge in [0.05, 0.1) is 37.6 Å². The van der Waals surface area contributed by atoms with E-state index in [1.54, 1.807) is 6.20 Å². The molecule has 1 saturated carbocycles. The maximum atomic E-state index is 15.4. The van der Waals surface area contributed by atoms with Crippen LogP contribution in [0.25, 0.3) is 0 Å². The topological polar surface area (TPSA) is 99.3 Å². The minimum atomic E-state index is -0.973. The van der Waals surface area contributed by atoms with Crippen molar-refractivity contribution in [2.45, 2.75) is 24.8 Å². The fourth-order valence-corrected chi connectivity index (χ4v) is 5.97. The number of aromatic nitrogens is 1. The van der Waals surface area contributed by atoms with Crippen LogP contribution in [0.2, 0.25) is 0 Å². The third kappa shape index (κ3) is 5.08. The molecule has 2 aromatic carbocycles. The molecular weight excluding hydrogens is 570 g/mol. The van der Waals surface area contributed by atoms with Gasteiger partial charge in [-0.25, -0.2) is 13.8 Å². The van der Waals surface area contributed by atoms with Crippen molar-refractivity contribution in [2.75, 3.05) is 67.9 Å². The molecule has 1 aliphatic carbocycles. The second kappa shape index (κ2) is 11.4. The van der Waals surface area contributed by atoms with Crippen molar-refractivity contribution in [1.82, 2.24) is 9.88 Å². The van der Waals surface area contributed by atoms with Crippen LogP contribution < -0.4 is 29.9 Å². The number of halogens is 2. The van der Waals surface area contributed by atoms with Crippen molar-refractivity contribution < 1.29 is 27.8 Å². The van der Waals surface area contributed by atoms with Gasteiger partial charge in [-0.2, -0.15) is 0 Å². The molecule has 2 aliphatic heterocycles. The van der Waals surface area contributed by atoms with Crippen LogP contribution in [-0.2, 0) is 21.5 Å². The number of hydrogen-bond donors (Lipinski definition) is 2. The van der Waals surface area contributed by atoms with Crippen molar-refractivity contribution >= 4 is 40.4 Å². The zero-order chi connectivity index (χ0) is 31.2. The molecule has 0 radical (unpaired) electrons. The van der Waals surface area contributed by atoms with Crippen LogP contribution >= 0.6 is 0 Å². The average molecular weight is 605 g/mol. The number of piperazine rings is 1. The first-order valence-corrected chi connectivity index (χ1v) is 14.4. The number of nitrogens with zero attached hydrogens (tertiary/aromatic N) is 4. The summed E-state index contributed by atoms with van der Waals surface area (Å²) in [4.78, 5) is 36.4. The largest absolute Gasteiger partial charge is 0.493 e. The molecule has 1 spiro atoms. The summed E-state index contributed by atoms with van der Waals surface area (Å²) in [6.07, 6.45) is 3.88. The Kier molecular flexibility index (Phi) is 7.62. The van der Waals surface area contributed by atoms with Crippen molar-refractivity contribution in [2.24, 2.45) is 0 Å². The maximum absolute atomic E-state index is 15.4. The van der Waals surface area contributed by atoms with Gasteiger partial charge in [0.2, 0.25) is 11.8 Å². The molecule has 230 valence electrons. The maximum Gasteiger partial charge on any atom is 0.247 e. The number of methoxy groups -OCH3 is 2. The number of hydrogen-bond acceptors (Lipinski definition) is 8. The normalized spacial score (nSPS) is 17.2. The molecule has 3 heterocycles. The quantitative estimate of drug-likeness (QED) is 0.361. The summed E-state index contributed by atoms with van der Waals surface area (Å²) >= 11 is 0. The molecule has 12 heteroatoms. The Balaban J connectivity index is 1.35. The molecule has 10 nitrogen and oxygen atoms in total. The van der Waals surface area contributed by atoms with E-state index in [0.29, 0.717) is 35.6 Å². The van der Waals surface area contributed by atoms with E-state index >= 15 is 8.78 Å². The van der Waals surface area contributed by atoms with E-state index in [0.717, 1.165) is 48.4 Å². The number of likely N-dealkylation sites (N-methyl/N-ethyl adjacent to an activating group) is 1. The monoisotopic (exact) mass is 604 g/mol. The van der Waals surface area contributed by atoms with E-state index in [1.807, 2.05) is 24.3 Å². The van der Waals surface area contributed by atoms with Gasteiger partial charge in [0.1, 0.15) is 11.5 Å². The highest BCUT2D eigenvalue weighted by atomic mass is 19.1. The lowest BCUT2D eigenvalue weighted by molar-refractivity contribution is -0.121. The summed E-state index contributed by atoms with van der Waals surface area (Å²) in [5, 5.41) is 6.18. The molecule has 0 unspecified atom stereocenters. The highest BCUT2D eigenvalue weighted by Crippen LogP contribution is 2.55. The number of nitrogens with one attached hydrogen (secondary N) is 2. The van der Waals surface area contributed by atoms with Gasteiger partial charge in [-0.3, -0.25) is 9.59 Å². The Labute approximate surface area is 254 Å². The predicted octanol–water partition coefficient (Wildman–Crippen LogP) is 4.58. The lowest BCUT2D eigenvalue weighted by atomic mass is 9.86. The van der Waals surface area contributed by atoms with Gasteiger partial charge in [0, 0.05) is 44.1 Å². The summed E-state index contributed by atoms with van der Waals surface area (Å²) in [7, 11) is 4.63. The third-order valence-electron chi connectivity index (χ3n) is 8.63. The van der Waals surface area contributed by atoms with E-state index in [-0.39, 0.29) is 24.0 Å². The highest BCUT2D eigenvalue weighted by molar-refractivity contribution is 6.06. The SMILES string of the molecule is C=CC(=O)Nc1ccc(N2CCN(C)CC2)cc1Nc1cc2c(cn1)CN(c1c(F)c(OC)cc(OC)c1F)C(=O)C21CC1. The molecule has 1 aromatic heterocycles. The molecule has 3 aliphatic rings. The van der Waals surface area contributed by atoms with Gasteiger partial charge in [-0.1, -0.05) is 6.58 Å². The third-order valence-corrected chi connectivity index (χ3v) is 8.63. The number of fused-ring (bicyclic) bond motifs is 2. The van der Waals surface area contributed by atoms with Gasteiger partial charge in [-0.05, 0) is 61.4 Å². The Hall–Kier alpha value is -4.71. The molecule has 1 saturated heterocycles. The van der Waals surface area contributed by atoms with Gasteiger partial charge in [-0.15, -0.1) is 0 Å². The zero-order valence-corrected chi connectivity index (χ0v) is 24.9. The molecule has 3 aromatic rings. The Bertz CT molecular complexity index is 1620. The van der Waals surface area contributed by atoms with E-state index in [9.17, 15) is 9.59 Å². The molecule has 44 heavy (non-hydrogen) atoms. The van der Waals surface area contributed by atoms with Gasteiger partial charge >= 0.3 is 0 Å². The first-order valence-electron chi connectivity index (χ1n) is 14.4. The Morgan fingerprint density at radius 2 is 1.70 bits per heavy atom. The van der Waals surface area contributed by atoms with E-state index < -0.39 is 28.6 Å². The highest BCUT2D eigenvalue weighted by Gasteiger charge is 2.57. The fraction of sp³-hybridized carbons (Fsp3) is 0.344.